The van der Waals surface area contributed by atoms with Crippen LogP contribution in [0.25, 0.3) is 0 Å². The lowest BCUT2D eigenvalue weighted by Crippen LogP contribution is -2.46. The van der Waals surface area contributed by atoms with E-state index >= 15 is 0 Å². The molecule has 0 atom stereocenters. The van der Waals surface area contributed by atoms with Crippen LogP contribution in [0.4, 0.5) is 0 Å². The first kappa shape index (κ1) is 20.4. The van der Waals surface area contributed by atoms with Gasteiger partial charge in [-0.05, 0) is 57.3 Å². The van der Waals surface area contributed by atoms with E-state index in [1.54, 1.807) is 0 Å². The molecule has 146 valence electrons. The van der Waals surface area contributed by atoms with Gasteiger partial charge < -0.3 is 14.8 Å². The predicted molar refractivity (Wildman–Crippen MR) is 99.4 cm³/mol. The minimum atomic E-state index is 0. The third kappa shape index (κ3) is 7.06. The molecular weight excluding hydrogens is 318 g/mol. The Morgan fingerprint density at radius 2 is 1.60 bits per heavy atom. The van der Waals surface area contributed by atoms with Crippen LogP contribution in [0.15, 0.2) is 0 Å². The molecule has 0 bridgehead atoms. The fraction of sp³-hybridized carbons (Fsp3) is 0.900. The summed E-state index contributed by atoms with van der Waals surface area (Å²) in [5.41, 5.74) is 0. The lowest BCUT2D eigenvalue weighted by molar-refractivity contribution is -0.129. The highest BCUT2D eigenvalue weighted by Gasteiger charge is 2.34. The van der Waals surface area contributed by atoms with Gasteiger partial charge in [-0.15, -0.1) is 0 Å². The normalized spacial score (nSPS) is 29.0. The zero-order valence-electron chi connectivity index (χ0n) is 15.9. The van der Waals surface area contributed by atoms with E-state index in [1.807, 2.05) is 13.8 Å². The summed E-state index contributed by atoms with van der Waals surface area (Å²) in [6, 6.07) is 0.189. The van der Waals surface area contributed by atoms with E-state index in [9.17, 15) is 9.59 Å². The van der Waals surface area contributed by atoms with Crippen molar-refractivity contribution in [2.24, 2.45) is 17.8 Å². The van der Waals surface area contributed by atoms with Gasteiger partial charge in [-0.3, -0.25) is 9.59 Å². The molecule has 25 heavy (non-hydrogen) atoms. The summed E-state index contributed by atoms with van der Waals surface area (Å²) in [4.78, 5) is 23.4. The number of ketones is 1. The third-order valence-electron chi connectivity index (χ3n) is 5.66. The Morgan fingerprint density at radius 3 is 2.16 bits per heavy atom. The van der Waals surface area contributed by atoms with E-state index < -0.39 is 0 Å². The van der Waals surface area contributed by atoms with Gasteiger partial charge in [-0.1, -0.05) is 6.92 Å². The van der Waals surface area contributed by atoms with Gasteiger partial charge in [0.1, 0.15) is 5.78 Å². The zero-order chi connectivity index (χ0) is 18.1. The van der Waals surface area contributed by atoms with Gasteiger partial charge in [0.15, 0.2) is 0 Å². The fourth-order valence-electron chi connectivity index (χ4n) is 3.85. The first-order valence-electron chi connectivity index (χ1n) is 10.1. The standard InChI is InChI=1S/C20H35NO4.H2/c1-3-19(22)17-11-18(12-17)21-20(23)9-10-25-14-16-7-5-15(6-8-16)13-24-4-2;/h15-18H,3-14H2,1-2H3,(H,21,23);1H. The summed E-state index contributed by atoms with van der Waals surface area (Å²) in [7, 11) is 0. The summed E-state index contributed by atoms with van der Waals surface area (Å²) in [6.45, 7) is 6.91. The molecule has 0 heterocycles. The average Bonchev–Trinajstić information content (AvgIpc) is 2.60. The van der Waals surface area contributed by atoms with Crippen LogP contribution in [0.1, 0.15) is 66.6 Å². The van der Waals surface area contributed by atoms with Crippen molar-refractivity contribution in [3.8, 4) is 0 Å². The van der Waals surface area contributed by atoms with Gasteiger partial charge in [-0.25, -0.2) is 0 Å². The molecule has 0 spiro atoms. The van der Waals surface area contributed by atoms with Crippen LogP contribution in [0.2, 0.25) is 0 Å². The number of carbonyl (C=O) groups excluding carboxylic acids is 2. The Hall–Kier alpha value is -0.940. The molecule has 0 aromatic heterocycles. The van der Waals surface area contributed by atoms with Gasteiger partial charge >= 0.3 is 0 Å². The number of amides is 1. The van der Waals surface area contributed by atoms with Crippen molar-refractivity contribution in [3.05, 3.63) is 0 Å². The molecule has 2 saturated carbocycles. The molecule has 1 N–H and O–H groups in total. The number of hydrogen-bond acceptors (Lipinski definition) is 4. The number of rotatable bonds is 11. The molecule has 2 fully saturated rings. The number of carbonyl (C=O) groups is 2. The molecular formula is C20H37NO4. The first-order chi connectivity index (χ1) is 12.1. The van der Waals surface area contributed by atoms with E-state index in [-0.39, 0.29) is 19.3 Å². The van der Waals surface area contributed by atoms with Gasteiger partial charge in [0.2, 0.25) is 5.91 Å². The monoisotopic (exact) mass is 355 g/mol. The molecule has 2 rings (SSSR count). The number of Topliss-reactive ketones (excluding diaryl/α,β-unsaturated/α-hetero) is 1. The quantitative estimate of drug-likeness (QED) is 0.577. The summed E-state index contributed by atoms with van der Waals surface area (Å²) in [6.07, 6.45) is 7.52. The van der Waals surface area contributed by atoms with Gasteiger partial charge in [0, 0.05) is 46.0 Å². The predicted octanol–water partition coefficient (Wildman–Crippen LogP) is 3.36. The van der Waals surface area contributed by atoms with Crippen molar-refractivity contribution in [1.29, 1.82) is 0 Å². The second-order valence-electron chi connectivity index (χ2n) is 7.62. The third-order valence-corrected chi connectivity index (χ3v) is 5.66. The van der Waals surface area contributed by atoms with Crippen molar-refractivity contribution in [1.82, 2.24) is 5.32 Å². The Labute approximate surface area is 153 Å². The summed E-state index contributed by atoms with van der Waals surface area (Å²) in [5.74, 6) is 1.89. The van der Waals surface area contributed by atoms with Crippen LogP contribution in [0.5, 0.6) is 0 Å². The van der Waals surface area contributed by atoms with Crippen LogP contribution >= 0.6 is 0 Å². The van der Waals surface area contributed by atoms with Gasteiger partial charge in [0.25, 0.3) is 0 Å². The Balaban J connectivity index is 0.00000338. The molecule has 2 aliphatic rings. The molecule has 0 aromatic carbocycles. The molecule has 0 aliphatic heterocycles. The van der Waals surface area contributed by atoms with Crippen molar-refractivity contribution in [2.75, 3.05) is 26.4 Å². The molecule has 2 aliphatic carbocycles. The summed E-state index contributed by atoms with van der Waals surface area (Å²) in [5, 5.41) is 3.00. The highest BCUT2D eigenvalue weighted by molar-refractivity contribution is 5.82. The van der Waals surface area contributed by atoms with Crippen molar-refractivity contribution < 1.29 is 20.5 Å². The van der Waals surface area contributed by atoms with E-state index in [1.165, 1.54) is 25.7 Å². The molecule has 0 aromatic rings. The van der Waals surface area contributed by atoms with Crippen LogP contribution < -0.4 is 5.32 Å². The van der Waals surface area contributed by atoms with E-state index in [0.29, 0.717) is 37.1 Å². The maximum absolute atomic E-state index is 11.9. The Bertz CT molecular complexity index is 418. The van der Waals surface area contributed by atoms with Crippen LogP contribution in [-0.4, -0.2) is 44.2 Å². The second-order valence-corrected chi connectivity index (χ2v) is 7.62. The van der Waals surface area contributed by atoms with Crippen LogP contribution in [-0.2, 0) is 19.1 Å². The van der Waals surface area contributed by atoms with Crippen LogP contribution in [0, 0.1) is 17.8 Å². The van der Waals surface area contributed by atoms with Crippen molar-refractivity contribution >= 4 is 11.7 Å². The fourth-order valence-corrected chi connectivity index (χ4v) is 3.85. The molecule has 1 amide bonds. The highest BCUT2D eigenvalue weighted by Crippen LogP contribution is 2.30. The SMILES string of the molecule is CCOCC1CCC(COCCC(=O)NC2CC(C(=O)CC)C2)CC1.[HH]. The summed E-state index contributed by atoms with van der Waals surface area (Å²) < 4.78 is 11.2. The Kier molecular flexibility index (Phi) is 8.90. The number of ether oxygens (including phenoxy) is 2. The number of hydrogen-bond donors (Lipinski definition) is 1. The van der Waals surface area contributed by atoms with Crippen molar-refractivity contribution in [2.45, 2.75) is 71.3 Å². The average molecular weight is 356 g/mol. The topological polar surface area (TPSA) is 64.6 Å². The smallest absolute Gasteiger partial charge is 0.222 e. The van der Waals surface area contributed by atoms with Crippen LogP contribution in [0.3, 0.4) is 0 Å². The van der Waals surface area contributed by atoms with E-state index in [4.69, 9.17) is 9.47 Å². The maximum Gasteiger partial charge on any atom is 0.222 e. The largest absolute Gasteiger partial charge is 0.381 e. The lowest BCUT2D eigenvalue weighted by Gasteiger charge is -2.34. The first-order valence-corrected chi connectivity index (χ1v) is 10.1. The van der Waals surface area contributed by atoms with Gasteiger partial charge in [0.05, 0.1) is 6.61 Å². The van der Waals surface area contributed by atoms with Crippen molar-refractivity contribution in [3.63, 3.8) is 0 Å². The maximum atomic E-state index is 11.9. The minimum Gasteiger partial charge on any atom is -0.381 e. The minimum absolute atomic E-state index is 0. The lowest BCUT2D eigenvalue weighted by atomic mass is 9.77. The van der Waals surface area contributed by atoms with E-state index in [0.717, 1.165) is 32.7 Å². The summed E-state index contributed by atoms with van der Waals surface area (Å²) >= 11 is 0. The van der Waals surface area contributed by atoms with E-state index in [2.05, 4.69) is 5.32 Å². The molecule has 0 saturated heterocycles. The Morgan fingerprint density at radius 1 is 1.00 bits per heavy atom. The molecule has 0 unspecified atom stereocenters. The zero-order valence-corrected chi connectivity index (χ0v) is 15.9. The molecule has 5 nitrogen and oxygen atoms in total. The second kappa shape index (κ2) is 10.9. The molecule has 0 radical (unpaired) electrons. The van der Waals surface area contributed by atoms with Gasteiger partial charge in [-0.2, -0.15) is 0 Å². The highest BCUT2D eigenvalue weighted by atomic mass is 16.5. The number of nitrogens with one attached hydrogen (secondary N) is 1. The molecule has 5 heteroatoms.